The third kappa shape index (κ3) is 2.25. The molecule has 0 saturated carbocycles. The molecule has 12 heavy (non-hydrogen) atoms. The Hall–Kier alpha value is -1.00. The third-order valence-electron chi connectivity index (χ3n) is 1.26. The Bertz CT molecular complexity index is 270. The van der Waals surface area contributed by atoms with Crippen LogP contribution in [0.1, 0.15) is 0 Å². The van der Waals surface area contributed by atoms with Gasteiger partial charge in [-0.25, -0.2) is 4.39 Å². The number of nitrogen functional groups attached to an aromatic ring is 1. The van der Waals surface area contributed by atoms with Crippen LogP contribution in [0.5, 0.6) is 5.75 Å². The Morgan fingerprint density at radius 3 is 2.83 bits per heavy atom. The van der Waals surface area contributed by atoms with Gasteiger partial charge in [-0.2, -0.15) is 0 Å². The quantitative estimate of drug-likeness (QED) is 0.566. The van der Waals surface area contributed by atoms with Gasteiger partial charge in [0.25, 0.3) is 0 Å². The summed E-state index contributed by atoms with van der Waals surface area (Å²) in [5.41, 5.74) is 2.95. The summed E-state index contributed by atoms with van der Waals surface area (Å²) in [6.45, 7) is -0.885. The topological polar surface area (TPSA) is 47.3 Å². The van der Waals surface area contributed by atoms with Crippen molar-refractivity contribution in [1.82, 2.24) is 0 Å². The molecule has 0 aliphatic heterocycles. The Kier molecular flexibility index (Phi) is 3.13. The second-order valence-corrected chi connectivity index (χ2v) is 2.51. The summed E-state index contributed by atoms with van der Waals surface area (Å²) in [5.74, 6) is 5.47. The van der Waals surface area contributed by atoms with Crippen LogP contribution in [-0.2, 0) is 0 Å². The van der Waals surface area contributed by atoms with Crippen LogP contribution in [-0.4, -0.2) is 6.86 Å². The number of hydrogen-bond donors (Lipinski definition) is 2. The van der Waals surface area contributed by atoms with Gasteiger partial charge in [0.2, 0.25) is 6.86 Å². The number of nitrogens with one attached hydrogen (secondary N) is 1. The molecular weight excluding hydrogens is 183 g/mol. The fraction of sp³-hybridized carbons (Fsp3) is 0.143. The van der Waals surface area contributed by atoms with E-state index in [2.05, 4.69) is 10.2 Å². The Morgan fingerprint density at radius 1 is 1.50 bits per heavy atom. The van der Waals surface area contributed by atoms with Gasteiger partial charge >= 0.3 is 0 Å². The largest absolute Gasteiger partial charge is 0.463 e. The third-order valence-corrected chi connectivity index (χ3v) is 1.48. The molecular formula is C7H8ClFN2O. The van der Waals surface area contributed by atoms with Gasteiger partial charge in [-0.1, -0.05) is 11.6 Å². The molecule has 0 atom stereocenters. The van der Waals surface area contributed by atoms with Crippen LogP contribution in [0, 0.1) is 0 Å². The predicted molar refractivity (Wildman–Crippen MR) is 45.9 cm³/mol. The molecule has 0 aliphatic rings. The van der Waals surface area contributed by atoms with Crippen molar-refractivity contribution in [3.05, 3.63) is 23.2 Å². The number of anilines is 1. The molecule has 0 heterocycles. The Balaban J connectivity index is 2.90. The molecule has 3 N–H and O–H groups in total. The number of nitrogens with two attached hydrogens (primary N) is 1. The smallest absolute Gasteiger partial charge is 0.228 e. The van der Waals surface area contributed by atoms with E-state index in [0.29, 0.717) is 16.5 Å². The van der Waals surface area contributed by atoms with E-state index in [1.54, 1.807) is 12.1 Å². The van der Waals surface area contributed by atoms with Crippen LogP contribution in [0.4, 0.5) is 10.1 Å². The van der Waals surface area contributed by atoms with Gasteiger partial charge in [-0.05, 0) is 12.1 Å². The first-order valence-corrected chi connectivity index (χ1v) is 3.60. The number of rotatable bonds is 3. The van der Waals surface area contributed by atoms with Crippen LogP contribution in [0.3, 0.4) is 0 Å². The van der Waals surface area contributed by atoms with Crippen LogP contribution in [0.15, 0.2) is 18.2 Å². The molecule has 0 bridgehead atoms. The van der Waals surface area contributed by atoms with Gasteiger partial charge in [0.1, 0.15) is 5.75 Å². The number of benzene rings is 1. The van der Waals surface area contributed by atoms with Crippen molar-refractivity contribution in [2.45, 2.75) is 0 Å². The summed E-state index contributed by atoms with van der Waals surface area (Å²) in [4.78, 5) is 0. The van der Waals surface area contributed by atoms with Crippen molar-refractivity contribution < 1.29 is 9.13 Å². The molecule has 0 aromatic heterocycles. The van der Waals surface area contributed by atoms with Gasteiger partial charge < -0.3 is 10.2 Å². The minimum Gasteiger partial charge on any atom is -0.463 e. The summed E-state index contributed by atoms with van der Waals surface area (Å²) < 4.78 is 16.3. The maximum Gasteiger partial charge on any atom is 0.228 e. The van der Waals surface area contributed by atoms with Crippen LogP contribution >= 0.6 is 11.6 Å². The zero-order chi connectivity index (χ0) is 8.97. The van der Waals surface area contributed by atoms with Crippen molar-refractivity contribution in [2.75, 3.05) is 12.3 Å². The van der Waals surface area contributed by atoms with E-state index in [4.69, 9.17) is 17.4 Å². The first-order valence-electron chi connectivity index (χ1n) is 3.22. The molecule has 1 rings (SSSR count). The number of ether oxygens (including phenoxy) is 1. The number of halogens is 2. The molecule has 0 fully saturated rings. The van der Waals surface area contributed by atoms with E-state index in [9.17, 15) is 4.39 Å². The van der Waals surface area contributed by atoms with Gasteiger partial charge in [0.15, 0.2) is 0 Å². The Morgan fingerprint density at radius 2 is 2.25 bits per heavy atom. The SMILES string of the molecule is NNc1cc(Cl)cc(OCF)c1. The van der Waals surface area contributed by atoms with E-state index in [-0.39, 0.29) is 0 Å². The minimum atomic E-state index is -0.885. The summed E-state index contributed by atoms with van der Waals surface area (Å²) in [6.07, 6.45) is 0. The Labute approximate surface area is 74.2 Å². The standard InChI is InChI=1S/C7H8ClFN2O/c8-5-1-6(11-10)3-7(2-5)12-4-9/h1-3,11H,4,10H2. The summed E-state index contributed by atoms with van der Waals surface area (Å²) >= 11 is 5.67. The molecule has 0 amide bonds. The van der Waals surface area contributed by atoms with Crippen molar-refractivity contribution in [2.24, 2.45) is 5.84 Å². The zero-order valence-corrected chi connectivity index (χ0v) is 6.94. The van der Waals surface area contributed by atoms with E-state index in [1.165, 1.54) is 6.07 Å². The molecule has 5 heteroatoms. The highest BCUT2D eigenvalue weighted by molar-refractivity contribution is 6.31. The number of hydrogen-bond acceptors (Lipinski definition) is 3. The monoisotopic (exact) mass is 190 g/mol. The average molecular weight is 191 g/mol. The lowest BCUT2D eigenvalue weighted by Crippen LogP contribution is -2.06. The molecule has 0 saturated heterocycles. The second-order valence-electron chi connectivity index (χ2n) is 2.07. The molecule has 3 nitrogen and oxygen atoms in total. The molecule has 0 unspecified atom stereocenters. The first-order chi connectivity index (χ1) is 5.76. The number of hydrazine groups is 1. The molecule has 66 valence electrons. The lowest BCUT2D eigenvalue weighted by atomic mass is 10.3. The highest BCUT2D eigenvalue weighted by atomic mass is 35.5. The molecule has 1 aromatic rings. The number of alkyl halides is 1. The fourth-order valence-electron chi connectivity index (χ4n) is 0.792. The molecule has 0 aliphatic carbocycles. The highest BCUT2D eigenvalue weighted by Crippen LogP contribution is 2.23. The summed E-state index contributed by atoms with van der Waals surface area (Å²) in [6, 6.07) is 4.65. The van der Waals surface area contributed by atoms with Crippen LogP contribution < -0.4 is 16.0 Å². The minimum absolute atomic E-state index is 0.345. The van der Waals surface area contributed by atoms with E-state index in [1.807, 2.05) is 0 Å². The molecule has 0 spiro atoms. The zero-order valence-electron chi connectivity index (χ0n) is 6.18. The van der Waals surface area contributed by atoms with Crippen LogP contribution in [0.25, 0.3) is 0 Å². The molecule has 0 radical (unpaired) electrons. The lowest BCUT2D eigenvalue weighted by molar-refractivity contribution is 0.192. The van der Waals surface area contributed by atoms with Crippen LogP contribution in [0.2, 0.25) is 5.02 Å². The van der Waals surface area contributed by atoms with Crippen molar-refractivity contribution in [3.8, 4) is 5.75 Å². The van der Waals surface area contributed by atoms with Gasteiger partial charge in [0.05, 0.1) is 5.69 Å². The summed E-state index contributed by atoms with van der Waals surface area (Å²) in [7, 11) is 0. The van der Waals surface area contributed by atoms with Crippen molar-refractivity contribution >= 4 is 17.3 Å². The van der Waals surface area contributed by atoms with Gasteiger partial charge in [-0.3, -0.25) is 5.84 Å². The maximum atomic E-state index is 11.7. The fourth-order valence-corrected chi connectivity index (χ4v) is 1.02. The van der Waals surface area contributed by atoms with E-state index < -0.39 is 6.86 Å². The predicted octanol–water partition coefficient (Wildman–Crippen LogP) is 1.93. The van der Waals surface area contributed by atoms with Gasteiger partial charge in [-0.15, -0.1) is 0 Å². The lowest BCUT2D eigenvalue weighted by Gasteiger charge is -2.04. The second kappa shape index (κ2) is 4.13. The normalized spacial score (nSPS) is 9.58. The van der Waals surface area contributed by atoms with E-state index in [0.717, 1.165) is 0 Å². The van der Waals surface area contributed by atoms with Gasteiger partial charge in [0, 0.05) is 11.1 Å². The highest BCUT2D eigenvalue weighted by Gasteiger charge is 1.98. The first kappa shape index (κ1) is 9.09. The van der Waals surface area contributed by atoms with Crippen molar-refractivity contribution in [3.63, 3.8) is 0 Å². The molecule has 1 aromatic carbocycles. The average Bonchev–Trinajstić information content (AvgIpc) is 2.04. The summed E-state index contributed by atoms with van der Waals surface area (Å²) in [5, 5.41) is 0.439. The van der Waals surface area contributed by atoms with E-state index >= 15 is 0 Å². The maximum absolute atomic E-state index is 11.7. The van der Waals surface area contributed by atoms with Crippen molar-refractivity contribution in [1.29, 1.82) is 0 Å².